The summed E-state index contributed by atoms with van der Waals surface area (Å²) < 4.78 is 1.81. The largest absolute Gasteiger partial charge is 1.00 e. The molecular weight excluding hydrogens is 242 g/mol. The van der Waals surface area contributed by atoms with Gasteiger partial charge in [-0.05, 0) is 17.7 Å². The van der Waals surface area contributed by atoms with E-state index in [0.29, 0.717) is 10.3 Å². The van der Waals surface area contributed by atoms with E-state index in [2.05, 4.69) is 0 Å². The molecule has 0 aromatic carbocycles. The number of halogens is 3. The van der Waals surface area contributed by atoms with Gasteiger partial charge in [-0.2, -0.15) is 0 Å². The van der Waals surface area contributed by atoms with Crippen LogP contribution < -0.4 is 12.4 Å². The monoisotopic (exact) mass is 256 g/mol. The molecule has 5 heteroatoms. The predicted octanol–water partition coefficient (Wildman–Crippen LogP) is -0.902. The maximum absolute atomic E-state index is 5.85. The predicted molar refractivity (Wildman–Crippen MR) is 59.7 cm³/mol. The third-order valence-electron chi connectivity index (χ3n) is 1.32. The molecule has 0 fully saturated rings. The first-order valence-electron chi connectivity index (χ1n) is 3.86. The van der Waals surface area contributed by atoms with Gasteiger partial charge in [-0.1, -0.05) is 17.7 Å². The van der Waals surface area contributed by atoms with Crippen LogP contribution in [0.5, 0.6) is 0 Å². The fourth-order valence-corrected chi connectivity index (χ4v) is 0.651. The molecule has 0 aromatic rings. The molecule has 0 heterocycles. The average molecular weight is 258 g/mol. The Morgan fingerprint density at radius 1 is 1.21 bits per heavy atom. The van der Waals surface area contributed by atoms with Gasteiger partial charge >= 0.3 is 0 Å². The molecule has 82 valence electrons. The van der Waals surface area contributed by atoms with E-state index in [1.54, 1.807) is 12.2 Å². The summed E-state index contributed by atoms with van der Waals surface area (Å²) >= 11 is 11.7. The fourth-order valence-electron chi connectivity index (χ4n) is 0.505. The molecule has 0 spiro atoms. The van der Waals surface area contributed by atoms with Crippen LogP contribution in [0.1, 0.15) is 0 Å². The van der Waals surface area contributed by atoms with Crippen molar-refractivity contribution in [1.82, 2.24) is 4.90 Å². The van der Waals surface area contributed by atoms with Gasteiger partial charge in [0.2, 0.25) is 0 Å². The smallest absolute Gasteiger partial charge is 0.269 e. The minimum absolute atomic E-state index is 0. The van der Waals surface area contributed by atoms with Gasteiger partial charge in [0.05, 0.1) is 0 Å². The molecule has 0 saturated heterocycles. The normalized spacial score (nSPS) is 11.1. The number of hydrogen-bond donors (Lipinski definition) is 0. The molecule has 0 atom stereocenters. The molecule has 0 unspecified atom stereocenters. The third-order valence-corrected chi connectivity index (χ3v) is 2.25. The number of nitrogens with zero attached hydrogens (tertiary/aromatic N) is 2. The molecule has 0 radical (unpaired) electrons. The molecule has 0 N–H and O–H groups in total. The van der Waals surface area contributed by atoms with Gasteiger partial charge in [0, 0.05) is 20.2 Å². The van der Waals surface area contributed by atoms with Gasteiger partial charge in [-0.25, -0.2) is 4.58 Å². The van der Waals surface area contributed by atoms with Crippen LogP contribution in [0.2, 0.25) is 0 Å². The van der Waals surface area contributed by atoms with Gasteiger partial charge in [-0.3, -0.25) is 0 Å². The molecule has 2 nitrogen and oxygen atoms in total. The van der Waals surface area contributed by atoms with Crippen LogP contribution >= 0.6 is 23.2 Å². The summed E-state index contributed by atoms with van der Waals surface area (Å²) in [7, 11) is 7.52. The van der Waals surface area contributed by atoms with E-state index in [1.165, 1.54) is 0 Å². The Morgan fingerprint density at radius 3 is 2.07 bits per heavy atom. The molecule has 0 bridgehead atoms. The zero-order valence-electron chi connectivity index (χ0n) is 8.76. The third kappa shape index (κ3) is 7.25. The van der Waals surface area contributed by atoms with E-state index in [9.17, 15) is 0 Å². The van der Waals surface area contributed by atoms with Crippen LogP contribution in [0.25, 0.3) is 0 Å². The zero-order chi connectivity index (χ0) is 10.4. The molecule has 0 aliphatic rings. The highest BCUT2D eigenvalue weighted by Gasteiger charge is 1.95. The average Bonchev–Trinajstić information content (AvgIpc) is 2.03. The summed E-state index contributed by atoms with van der Waals surface area (Å²) in [6.45, 7) is 0. The van der Waals surface area contributed by atoms with Crippen molar-refractivity contribution in [2.24, 2.45) is 0 Å². The Balaban J connectivity index is 0. The summed E-state index contributed by atoms with van der Waals surface area (Å²) in [6, 6.07) is 0. The Hall–Kier alpha value is -0.180. The summed E-state index contributed by atoms with van der Waals surface area (Å²) in [5, 5.41) is 1.33. The molecule has 0 aliphatic carbocycles. The van der Waals surface area contributed by atoms with Crippen molar-refractivity contribution in [2.75, 3.05) is 28.2 Å². The first kappa shape index (κ1) is 16.3. The molecule has 0 aliphatic heterocycles. The lowest BCUT2D eigenvalue weighted by Gasteiger charge is -2.08. The SMILES string of the molecule is CN(C)/C(Cl)=C/C=C\C(Cl)=[N+](C)C.[Cl-]. The van der Waals surface area contributed by atoms with Gasteiger partial charge in [-0.15, -0.1) is 0 Å². The fraction of sp³-hybridized carbons (Fsp3) is 0.444. The second-order valence-electron chi connectivity index (χ2n) is 2.96. The second kappa shape index (κ2) is 8.16. The second-order valence-corrected chi connectivity index (χ2v) is 3.73. The number of rotatable bonds is 3. The summed E-state index contributed by atoms with van der Waals surface area (Å²) in [6.07, 6.45) is 5.38. The quantitative estimate of drug-likeness (QED) is 0.275. The van der Waals surface area contributed by atoms with E-state index in [4.69, 9.17) is 23.2 Å². The summed E-state index contributed by atoms with van der Waals surface area (Å²) in [5.41, 5.74) is 0. The van der Waals surface area contributed by atoms with Crippen molar-refractivity contribution in [3.05, 3.63) is 23.4 Å². The van der Waals surface area contributed by atoms with Gasteiger partial charge in [0.25, 0.3) is 5.17 Å². The first-order valence-corrected chi connectivity index (χ1v) is 4.61. The van der Waals surface area contributed by atoms with Crippen LogP contribution in [0, 0.1) is 0 Å². The highest BCUT2D eigenvalue weighted by Crippen LogP contribution is 2.03. The summed E-state index contributed by atoms with van der Waals surface area (Å²) in [5.74, 6) is 0. The van der Waals surface area contributed by atoms with Crippen molar-refractivity contribution in [3.8, 4) is 0 Å². The van der Waals surface area contributed by atoms with Crippen LogP contribution in [-0.4, -0.2) is 42.8 Å². The van der Waals surface area contributed by atoms with Gasteiger partial charge < -0.3 is 17.3 Å². The van der Waals surface area contributed by atoms with E-state index in [1.807, 2.05) is 43.7 Å². The van der Waals surface area contributed by atoms with E-state index in [0.717, 1.165) is 0 Å². The maximum Gasteiger partial charge on any atom is 0.269 e. The first-order chi connectivity index (χ1) is 5.95. The maximum atomic E-state index is 5.85. The molecule has 0 amide bonds. The Labute approximate surface area is 102 Å². The number of allylic oxidation sites excluding steroid dienone is 3. The van der Waals surface area contributed by atoms with E-state index < -0.39 is 0 Å². The Morgan fingerprint density at radius 2 is 1.71 bits per heavy atom. The topological polar surface area (TPSA) is 6.25 Å². The summed E-state index contributed by atoms with van der Waals surface area (Å²) in [4.78, 5) is 1.81. The Kier molecular flexibility index (Phi) is 9.47. The van der Waals surface area contributed by atoms with Gasteiger partial charge in [0.1, 0.15) is 19.3 Å². The molecular formula is C9H15Cl3N2. The minimum Gasteiger partial charge on any atom is -1.00 e. The van der Waals surface area contributed by atoms with Crippen LogP contribution in [0.3, 0.4) is 0 Å². The van der Waals surface area contributed by atoms with Crippen LogP contribution in [-0.2, 0) is 0 Å². The van der Waals surface area contributed by atoms with Crippen LogP contribution in [0.4, 0.5) is 0 Å². The minimum atomic E-state index is 0. The highest BCUT2D eigenvalue weighted by atomic mass is 35.5. The number of hydrogen-bond acceptors (Lipinski definition) is 1. The Bertz CT molecular complexity index is 251. The lowest BCUT2D eigenvalue weighted by Crippen LogP contribution is -3.00. The van der Waals surface area contributed by atoms with Gasteiger partial charge in [0.15, 0.2) is 0 Å². The molecule has 14 heavy (non-hydrogen) atoms. The highest BCUT2D eigenvalue weighted by molar-refractivity contribution is 6.66. The van der Waals surface area contributed by atoms with E-state index in [-0.39, 0.29) is 12.4 Å². The lowest BCUT2D eigenvalue weighted by molar-refractivity contribution is -0.461. The lowest BCUT2D eigenvalue weighted by atomic mass is 10.5. The molecule has 0 rings (SSSR count). The molecule has 0 saturated carbocycles. The standard InChI is InChI=1S/C9H15Cl2N2.ClH/c1-12(2)8(10)6-5-7-9(11)13(3)4;/h5-7H,1-4H3;1H/q+1;/p-1. The van der Waals surface area contributed by atoms with Crippen molar-refractivity contribution in [3.63, 3.8) is 0 Å². The van der Waals surface area contributed by atoms with E-state index >= 15 is 0 Å². The molecule has 0 aromatic heterocycles. The van der Waals surface area contributed by atoms with Crippen LogP contribution in [0.15, 0.2) is 23.4 Å². The zero-order valence-corrected chi connectivity index (χ0v) is 11.0. The van der Waals surface area contributed by atoms with Crippen molar-refractivity contribution in [1.29, 1.82) is 0 Å². The van der Waals surface area contributed by atoms with Crippen molar-refractivity contribution in [2.45, 2.75) is 0 Å². The van der Waals surface area contributed by atoms with Crippen molar-refractivity contribution < 1.29 is 17.0 Å². The van der Waals surface area contributed by atoms with Crippen molar-refractivity contribution >= 4 is 28.4 Å².